The van der Waals surface area contributed by atoms with E-state index >= 15 is 0 Å². The molecule has 3 heterocycles. The smallest absolute Gasteiger partial charge is 0.229 e. The minimum atomic E-state index is -0.131. The minimum absolute atomic E-state index is 0.0463. The van der Waals surface area contributed by atoms with Crippen LogP contribution in [0.3, 0.4) is 0 Å². The Hall–Kier alpha value is -3.02. The van der Waals surface area contributed by atoms with Crippen molar-refractivity contribution in [1.82, 2.24) is 19.7 Å². The highest BCUT2D eigenvalue weighted by molar-refractivity contribution is 5.91. The first-order valence-corrected chi connectivity index (χ1v) is 7.03. The van der Waals surface area contributed by atoms with Crippen LogP contribution in [0.25, 0.3) is 11.4 Å². The monoisotopic (exact) mass is 291 g/mol. The molecule has 6 heteroatoms. The predicted molar refractivity (Wildman–Crippen MR) is 81.1 cm³/mol. The van der Waals surface area contributed by atoms with Gasteiger partial charge in [0.2, 0.25) is 11.9 Å². The normalized spacial score (nSPS) is 16.9. The van der Waals surface area contributed by atoms with Crippen molar-refractivity contribution < 1.29 is 4.79 Å². The first kappa shape index (κ1) is 12.7. The molecule has 0 bridgehead atoms. The molecule has 0 saturated carbocycles. The zero-order chi connectivity index (χ0) is 14.9. The van der Waals surface area contributed by atoms with Crippen LogP contribution in [0.5, 0.6) is 0 Å². The van der Waals surface area contributed by atoms with E-state index in [1.807, 2.05) is 42.5 Å². The zero-order valence-corrected chi connectivity index (χ0v) is 11.7. The van der Waals surface area contributed by atoms with Crippen molar-refractivity contribution in [2.45, 2.75) is 12.5 Å². The number of pyridine rings is 1. The second-order valence-corrected chi connectivity index (χ2v) is 5.12. The Morgan fingerprint density at radius 3 is 2.64 bits per heavy atom. The molecule has 2 aromatic heterocycles. The molecule has 1 atom stereocenters. The molecule has 22 heavy (non-hydrogen) atoms. The number of fused-ring (bicyclic) bond motifs is 1. The maximum absolute atomic E-state index is 12.0. The fourth-order valence-corrected chi connectivity index (χ4v) is 2.62. The number of nitrogens with zero attached hydrogens (tertiary/aromatic N) is 4. The van der Waals surface area contributed by atoms with Gasteiger partial charge in [0, 0.05) is 18.0 Å². The molecular formula is C16H13N5O. The van der Waals surface area contributed by atoms with Gasteiger partial charge in [-0.1, -0.05) is 30.3 Å². The lowest BCUT2D eigenvalue weighted by molar-refractivity contribution is -0.117. The summed E-state index contributed by atoms with van der Waals surface area (Å²) in [4.78, 5) is 20.4. The van der Waals surface area contributed by atoms with Gasteiger partial charge in [-0.25, -0.2) is 4.68 Å². The van der Waals surface area contributed by atoms with Crippen molar-refractivity contribution in [2.75, 3.05) is 5.32 Å². The summed E-state index contributed by atoms with van der Waals surface area (Å²) in [7, 11) is 0. The van der Waals surface area contributed by atoms with E-state index < -0.39 is 0 Å². The summed E-state index contributed by atoms with van der Waals surface area (Å²) < 4.78 is 1.78. The van der Waals surface area contributed by atoms with Gasteiger partial charge in [0.25, 0.3) is 0 Å². The van der Waals surface area contributed by atoms with Crippen LogP contribution < -0.4 is 5.32 Å². The Balaban J connectivity index is 1.81. The van der Waals surface area contributed by atoms with E-state index in [1.165, 1.54) is 0 Å². The second-order valence-electron chi connectivity index (χ2n) is 5.12. The van der Waals surface area contributed by atoms with Gasteiger partial charge in [0.1, 0.15) is 0 Å². The number of carbonyl (C=O) groups is 1. The number of carbonyl (C=O) groups excluding carboxylic acids is 1. The van der Waals surface area contributed by atoms with Crippen LogP contribution in [0.1, 0.15) is 18.0 Å². The first-order chi connectivity index (χ1) is 10.8. The van der Waals surface area contributed by atoms with E-state index in [4.69, 9.17) is 0 Å². The van der Waals surface area contributed by atoms with Crippen molar-refractivity contribution in [3.05, 3.63) is 60.4 Å². The number of hydrogen-bond donors (Lipinski definition) is 1. The quantitative estimate of drug-likeness (QED) is 0.786. The summed E-state index contributed by atoms with van der Waals surface area (Å²) in [5, 5.41) is 7.36. The van der Waals surface area contributed by atoms with Gasteiger partial charge in [-0.2, -0.15) is 4.98 Å². The summed E-state index contributed by atoms with van der Waals surface area (Å²) >= 11 is 0. The molecular weight excluding hydrogens is 278 g/mol. The highest BCUT2D eigenvalue weighted by atomic mass is 16.2. The van der Waals surface area contributed by atoms with Crippen LogP contribution in [-0.4, -0.2) is 25.7 Å². The molecule has 1 N–H and O–H groups in total. The minimum Gasteiger partial charge on any atom is -0.295 e. The molecule has 108 valence electrons. The standard InChI is InChI=1S/C16H13N5O/c22-14-10-13(11-4-2-1-3-5-11)21-16(18-14)19-15(20-21)12-6-8-17-9-7-12/h1-9,13H,10H2,(H,18,19,20,22). The summed E-state index contributed by atoms with van der Waals surface area (Å²) in [5.74, 6) is 1.02. The van der Waals surface area contributed by atoms with Crippen LogP contribution in [0.15, 0.2) is 54.9 Å². The number of hydrogen-bond acceptors (Lipinski definition) is 4. The van der Waals surface area contributed by atoms with E-state index in [9.17, 15) is 4.79 Å². The van der Waals surface area contributed by atoms with Crippen LogP contribution in [0.2, 0.25) is 0 Å². The second kappa shape index (κ2) is 5.07. The number of aromatic nitrogens is 4. The summed E-state index contributed by atoms with van der Waals surface area (Å²) in [6.07, 6.45) is 3.75. The number of benzene rings is 1. The van der Waals surface area contributed by atoms with Crippen molar-refractivity contribution >= 4 is 11.9 Å². The molecule has 6 nitrogen and oxygen atoms in total. The third kappa shape index (κ3) is 2.14. The number of anilines is 1. The van der Waals surface area contributed by atoms with Crippen molar-refractivity contribution in [3.8, 4) is 11.4 Å². The third-order valence-electron chi connectivity index (χ3n) is 3.68. The Kier molecular flexibility index (Phi) is 2.93. The molecule has 0 fully saturated rings. The maximum atomic E-state index is 12.0. The Morgan fingerprint density at radius 1 is 1.09 bits per heavy atom. The predicted octanol–water partition coefficient (Wildman–Crippen LogP) is 2.27. The van der Waals surface area contributed by atoms with Crippen LogP contribution in [0, 0.1) is 0 Å². The molecule has 4 rings (SSSR count). The summed E-state index contributed by atoms with van der Waals surface area (Å²) in [5.41, 5.74) is 1.92. The van der Waals surface area contributed by atoms with Crippen LogP contribution >= 0.6 is 0 Å². The maximum Gasteiger partial charge on any atom is 0.229 e. The molecule has 0 aliphatic carbocycles. The average Bonchev–Trinajstić information content (AvgIpc) is 2.99. The fourth-order valence-electron chi connectivity index (χ4n) is 2.62. The van der Waals surface area contributed by atoms with Crippen LogP contribution in [-0.2, 0) is 4.79 Å². The topological polar surface area (TPSA) is 72.7 Å². The Morgan fingerprint density at radius 2 is 1.86 bits per heavy atom. The van der Waals surface area contributed by atoms with Gasteiger partial charge >= 0.3 is 0 Å². The van der Waals surface area contributed by atoms with Gasteiger partial charge in [0.15, 0.2) is 5.82 Å². The van der Waals surface area contributed by atoms with E-state index in [0.29, 0.717) is 18.2 Å². The van der Waals surface area contributed by atoms with E-state index in [-0.39, 0.29) is 11.9 Å². The molecule has 1 unspecified atom stereocenters. The Bertz CT molecular complexity index is 813. The number of nitrogens with one attached hydrogen (secondary N) is 1. The Labute approximate surface area is 126 Å². The molecule has 1 aromatic carbocycles. The van der Waals surface area contributed by atoms with Crippen molar-refractivity contribution in [1.29, 1.82) is 0 Å². The lowest BCUT2D eigenvalue weighted by atomic mass is 10.0. The fraction of sp³-hybridized carbons (Fsp3) is 0.125. The van der Waals surface area contributed by atoms with Gasteiger partial charge in [-0.3, -0.25) is 15.1 Å². The van der Waals surface area contributed by atoms with E-state index in [1.54, 1.807) is 17.1 Å². The lowest BCUT2D eigenvalue weighted by Crippen LogP contribution is -2.29. The van der Waals surface area contributed by atoms with Crippen molar-refractivity contribution in [3.63, 3.8) is 0 Å². The SMILES string of the molecule is O=C1CC(c2ccccc2)n2nc(-c3ccncc3)nc2N1. The highest BCUT2D eigenvalue weighted by Gasteiger charge is 2.29. The molecule has 0 saturated heterocycles. The van der Waals surface area contributed by atoms with Crippen LogP contribution in [0.4, 0.5) is 5.95 Å². The molecule has 1 amide bonds. The molecule has 0 radical (unpaired) electrons. The largest absolute Gasteiger partial charge is 0.295 e. The van der Waals surface area contributed by atoms with Gasteiger partial charge in [0.05, 0.1) is 12.5 Å². The van der Waals surface area contributed by atoms with Crippen molar-refractivity contribution in [2.24, 2.45) is 0 Å². The molecule has 1 aliphatic heterocycles. The van der Waals surface area contributed by atoms with Gasteiger partial charge < -0.3 is 0 Å². The lowest BCUT2D eigenvalue weighted by Gasteiger charge is -2.23. The first-order valence-electron chi connectivity index (χ1n) is 7.03. The highest BCUT2D eigenvalue weighted by Crippen LogP contribution is 2.30. The number of amides is 1. The third-order valence-corrected chi connectivity index (χ3v) is 3.68. The molecule has 1 aliphatic rings. The van der Waals surface area contributed by atoms with E-state index in [2.05, 4.69) is 20.4 Å². The average molecular weight is 291 g/mol. The zero-order valence-electron chi connectivity index (χ0n) is 11.7. The number of rotatable bonds is 2. The molecule has 0 spiro atoms. The molecule has 3 aromatic rings. The van der Waals surface area contributed by atoms with E-state index in [0.717, 1.165) is 11.1 Å². The summed E-state index contributed by atoms with van der Waals surface area (Å²) in [6, 6.07) is 13.4. The summed E-state index contributed by atoms with van der Waals surface area (Å²) in [6.45, 7) is 0. The van der Waals surface area contributed by atoms with Gasteiger partial charge in [-0.15, -0.1) is 5.10 Å². The van der Waals surface area contributed by atoms with Gasteiger partial charge in [-0.05, 0) is 17.7 Å².